The predicted molar refractivity (Wildman–Crippen MR) is 65.3 cm³/mol. The summed E-state index contributed by atoms with van der Waals surface area (Å²) in [5.41, 5.74) is 6.13. The highest BCUT2D eigenvalue weighted by molar-refractivity contribution is 9.09. The largest absolute Gasteiger partial charge is 0.393 e. The van der Waals surface area contributed by atoms with E-state index in [0.717, 1.165) is 0 Å². The first-order chi connectivity index (χ1) is 7.06. The Balaban J connectivity index is 3.28. The zero-order valence-electron chi connectivity index (χ0n) is 7.61. The maximum atomic E-state index is 10.6. The first kappa shape index (κ1) is 12.0. The first-order valence-corrected chi connectivity index (χ1v) is 5.52. The fourth-order valence-corrected chi connectivity index (χ4v) is 1.49. The fourth-order valence-electron chi connectivity index (χ4n) is 1.08. The molecule has 0 bridgehead atoms. The number of anilines is 1. The molecule has 1 rings (SSSR count). The van der Waals surface area contributed by atoms with Crippen LogP contribution in [0, 0.1) is 10.1 Å². The third kappa shape index (κ3) is 2.94. The summed E-state index contributed by atoms with van der Waals surface area (Å²) >= 11 is 8.94. The van der Waals surface area contributed by atoms with E-state index >= 15 is 0 Å². The molecule has 1 aromatic carbocycles. The van der Waals surface area contributed by atoms with Gasteiger partial charge in [-0.05, 0) is 6.07 Å². The molecule has 0 aliphatic heterocycles. The van der Waals surface area contributed by atoms with Gasteiger partial charge in [-0.1, -0.05) is 39.7 Å². The van der Waals surface area contributed by atoms with Crippen LogP contribution in [-0.2, 0) is 0 Å². The topological polar surface area (TPSA) is 69.2 Å². The maximum absolute atomic E-state index is 10.6. The summed E-state index contributed by atoms with van der Waals surface area (Å²) in [5.74, 6) is 0. The highest BCUT2D eigenvalue weighted by Crippen LogP contribution is 2.30. The van der Waals surface area contributed by atoms with Crippen LogP contribution in [-0.4, -0.2) is 10.3 Å². The fraction of sp³-hybridized carbons (Fsp3) is 0.111. The molecule has 0 aliphatic rings. The Morgan fingerprint density at radius 2 is 2.27 bits per heavy atom. The lowest BCUT2D eigenvalue weighted by molar-refractivity contribution is -0.383. The Labute approximate surface area is 100 Å². The number of nitrogens with two attached hydrogens (primary N) is 1. The van der Waals surface area contributed by atoms with Gasteiger partial charge >= 0.3 is 0 Å². The van der Waals surface area contributed by atoms with E-state index in [1.165, 1.54) is 6.07 Å². The summed E-state index contributed by atoms with van der Waals surface area (Å²) in [5, 5.41) is 11.6. The summed E-state index contributed by atoms with van der Waals surface area (Å²) in [6.45, 7) is 0. The van der Waals surface area contributed by atoms with E-state index in [1.807, 2.05) is 0 Å². The van der Waals surface area contributed by atoms with Crippen molar-refractivity contribution in [2.75, 3.05) is 11.1 Å². The summed E-state index contributed by atoms with van der Waals surface area (Å²) in [6.07, 6.45) is 3.47. The third-order valence-corrected chi connectivity index (χ3v) is 2.33. The minimum atomic E-state index is -0.549. The maximum Gasteiger partial charge on any atom is 0.294 e. The lowest BCUT2D eigenvalue weighted by Gasteiger charge is -2.02. The number of hydrogen-bond donors (Lipinski definition) is 1. The number of alkyl halides is 1. The third-order valence-electron chi connectivity index (χ3n) is 1.74. The number of halogens is 2. The Hall–Kier alpha value is -1.07. The highest BCUT2D eigenvalue weighted by Gasteiger charge is 2.14. The molecule has 0 spiro atoms. The first-order valence-electron chi connectivity index (χ1n) is 4.02. The molecule has 1 aromatic rings. The SMILES string of the molecule is Nc1c(C=CCBr)cc(Cl)cc1[N+](=O)[O-]. The molecule has 15 heavy (non-hydrogen) atoms. The number of nitrogen functional groups attached to an aromatic ring is 1. The van der Waals surface area contributed by atoms with Crippen molar-refractivity contribution in [1.29, 1.82) is 0 Å². The smallest absolute Gasteiger partial charge is 0.294 e. The summed E-state index contributed by atoms with van der Waals surface area (Å²) in [7, 11) is 0. The molecule has 0 saturated carbocycles. The number of nitro groups is 1. The Morgan fingerprint density at radius 1 is 1.60 bits per heavy atom. The zero-order chi connectivity index (χ0) is 11.4. The Bertz CT molecular complexity index is 421. The average molecular weight is 292 g/mol. The second kappa shape index (κ2) is 5.14. The quantitative estimate of drug-likeness (QED) is 0.402. The summed E-state index contributed by atoms with van der Waals surface area (Å²) < 4.78 is 0. The standard InChI is InChI=1S/C9H8BrClN2O2/c10-3-1-2-6-4-7(11)5-8(9(6)12)13(14)15/h1-2,4-5H,3,12H2. The molecular weight excluding hydrogens is 283 g/mol. The molecular formula is C9H8BrClN2O2. The summed E-state index contributed by atoms with van der Waals surface area (Å²) in [4.78, 5) is 10.1. The van der Waals surface area contributed by atoms with Crippen molar-refractivity contribution in [3.8, 4) is 0 Å². The normalized spacial score (nSPS) is 10.8. The van der Waals surface area contributed by atoms with E-state index in [9.17, 15) is 10.1 Å². The van der Waals surface area contributed by atoms with Crippen molar-refractivity contribution < 1.29 is 4.92 Å². The molecule has 0 fully saturated rings. The number of nitrogens with zero attached hydrogens (tertiary/aromatic N) is 1. The number of hydrogen-bond acceptors (Lipinski definition) is 3. The second-order valence-electron chi connectivity index (χ2n) is 2.74. The molecule has 0 radical (unpaired) electrons. The number of nitro benzene ring substituents is 1. The van der Waals surface area contributed by atoms with Crippen LogP contribution >= 0.6 is 27.5 Å². The molecule has 2 N–H and O–H groups in total. The van der Waals surface area contributed by atoms with Gasteiger partial charge < -0.3 is 5.73 Å². The van der Waals surface area contributed by atoms with E-state index in [1.54, 1.807) is 18.2 Å². The molecule has 6 heteroatoms. The van der Waals surface area contributed by atoms with Crippen LogP contribution in [0.4, 0.5) is 11.4 Å². The van der Waals surface area contributed by atoms with Gasteiger partial charge in [0.05, 0.1) is 4.92 Å². The predicted octanol–water partition coefficient (Wildman–Crippen LogP) is 3.24. The van der Waals surface area contributed by atoms with Crippen LogP contribution in [0.5, 0.6) is 0 Å². The molecule has 0 atom stereocenters. The number of benzene rings is 1. The Kier molecular flexibility index (Phi) is 4.11. The van der Waals surface area contributed by atoms with Gasteiger partial charge in [-0.25, -0.2) is 0 Å². The van der Waals surface area contributed by atoms with Gasteiger partial charge in [0, 0.05) is 22.0 Å². The highest BCUT2D eigenvalue weighted by atomic mass is 79.9. The molecule has 0 amide bonds. The second-order valence-corrected chi connectivity index (χ2v) is 3.83. The molecule has 0 heterocycles. The lowest BCUT2D eigenvalue weighted by Crippen LogP contribution is -1.98. The van der Waals surface area contributed by atoms with Gasteiger partial charge in [-0.15, -0.1) is 0 Å². The lowest BCUT2D eigenvalue weighted by atomic mass is 10.1. The minimum Gasteiger partial charge on any atom is -0.393 e. The molecule has 0 saturated heterocycles. The van der Waals surface area contributed by atoms with Crippen molar-refractivity contribution in [2.45, 2.75) is 0 Å². The van der Waals surface area contributed by atoms with Gasteiger partial charge in [0.1, 0.15) is 5.69 Å². The van der Waals surface area contributed by atoms with E-state index < -0.39 is 4.92 Å². The van der Waals surface area contributed by atoms with E-state index in [4.69, 9.17) is 17.3 Å². The van der Waals surface area contributed by atoms with E-state index in [-0.39, 0.29) is 11.4 Å². The van der Waals surface area contributed by atoms with Gasteiger partial charge in [0.25, 0.3) is 5.69 Å². The molecule has 80 valence electrons. The van der Waals surface area contributed by atoms with E-state index in [2.05, 4.69) is 15.9 Å². The van der Waals surface area contributed by atoms with Crippen LogP contribution in [0.3, 0.4) is 0 Å². The Morgan fingerprint density at radius 3 is 2.80 bits per heavy atom. The van der Waals surface area contributed by atoms with Crippen LogP contribution < -0.4 is 5.73 Å². The van der Waals surface area contributed by atoms with Gasteiger partial charge in [0.2, 0.25) is 0 Å². The van der Waals surface area contributed by atoms with E-state index in [0.29, 0.717) is 15.9 Å². The molecule has 0 aromatic heterocycles. The monoisotopic (exact) mass is 290 g/mol. The van der Waals surface area contributed by atoms with Crippen molar-refractivity contribution in [1.82, 2.24) is 0 Å². The molecule has 0 aliphatic carbocycles. The van der Waals surface area contributed by atoms with Crippen molar-refractivity contribution in [2.24, 2.45) is 0 Å². The molecule has 0 unspecified atom stereocenters. The average Bonchev–Trinajstić information content (AvgIpc) is 2.18. The van der Waals surface area contributed by atoms with Crippen LogP contribution in [0.2, 0.25) is 5.02 Å². The number of rotatable bonds is 3. The van der Waals surface area contributed by atoms with Crippen molar-refractivity contribution in [3.05, 3.63) is 38.9 Å². The zero-order valence-corrected chi connectivity index (χ0v) is 9.96. The minimum absolute atomic E-state index is 0.126. The van der Waals surface area contributed by atoms with Gasteiger partial charge in [-0.2, -0.15) is 0 Å². The summed E-state index contributed by atoms with van der Waals surface area (Å²) in [6, 6.07) is 2.82. The van der Waals surface area contributed by atoms with Crippen LogP contribution in [0.15, 0.2) is 18.2 Å². The van der Waals surface area contributed by atoms with Gasteiger partial charge in [0.15, 0.2) is 0 Å². The van der Waals surface area contributed by atoms with Crippen LogP contribution in [0.25, 0.3) is 6.08 Å². The number of allylic oxidation sites excluding steroid dienone is 1. The van der Waals surface area contributed by atoms with Gasteiger partial charge in [-0.3, -0.25) is 10.1 Å². The van der Waals surface area contributed by atoms with Crippen molar-refractivity contribution in [3.63, 3.8) is 0 Å². The molecule has 4 nitrogen and oxygen atoms in total. The van der Waals surface area contributed by atoms with Crippen molar-refractivity contribution >= 4 is 45.0 Å². The van der Waals surface area contributed by atoms with Crippen LogP contribution in [0.1, 0.15) is 5.56 Å².